The van der Waals surface area contributed by atoms with Crippen LogP contribution in [-0.2, 0) is 0 Å². The number of nitrogens with zero attached hydrogens (tertiary/aromatic N) is 1. The van der Waals surface area contributed by atoms with Gasteiger partial charge >= 0.3 is 0 Å². The third-order valence-corrected chi connectivity index (χ3v) is 3.58. The summed E-state index contributed by atoms with van der Waals surface area (Å²) in [4.78, 5) is 15.9. The van der Waals surface area contributed by atoms with Gasteiger partial charge in [0.15, 0.2) is 0 Å². The molecule has 21 heavy (non-hydrogen) atoms. The van der Waals surface area contributed by atoms with Crippen LogP contribution in [-0.4, -0.2) is 29.1 Å². The van der Waals surface area contributed by atoms with E-state index in [1.165, 1.54) is 18.5 Å². The molecule has 0 spiro atoms. The topological polar surface area (TPSA) is 71.5 Å². The fraction of sp³-hybridized carbons (Fsp3) is 0.250. The summed E-state index contributed by atoms with van der Waals surface area (Å²) in [5.74, 6) is 0.882. The van der Waals surface area contributed by atoms with Crippen LogP contribution in [0, 0.1) is 0 Å². The fourth-order valence-corrected chi connectivity index (χ4v) is 2.50. The van der Waals surface area contributed by atoms with E-state index < -0.39 is 0 Å². The van der Waals surface area contributed by atoms with Gasteiger partial charge in [0.1, 0.15) is 11.5 Å². The smallest absolute Gasteiger partial charge is 0.253 e. The number of aromatic hydroxyl groups is 1. The van der Waals surface area contributed by atoms with E-state index in [9.17, 15) is 9.90 Å². The first-order valence-corrected chi connectivity index (χ1v) is 6.88. The van der Waals surface area contributed by atoms with Crippen molar-refractivity contribution >= 4 is 5.91 Å². The number of benzene rings is 1. The average molecular weight is 284 g/mol. The monoisotopic (exact) mass is 284 g/mol. The number of pyridine rings is 1. The maximum Gasteiger partial charge on any atom is 0.253 e. The summed E-state index contributed by atoms with van der Waals surface area (Å²) >= 11 is 0. The Hall–Kier alpha value is -2.56. The van der Waals surface area contributed by atoms with E-state index >= 15 is 0 Å². The molecule has 1 amide bonds. The Kier molecular flexibility index (Phi) is 3.73. The Morgan fingerprint density at radius 2 is 2.24 bits per heavy atom. The molecule has 0 radical (unpaired) electrons. The van der Waals surface area contributed by atoms with Gasteiger partial charge in [0.2, 0.25) is 0 Å². The number of hydrogen-bond donors (Lipinski definition) is 2. The number of carbonyl (C=O) groups excluding carboxylic acids is 1. The molecular formula is C16H16N2O3. The predicted octanol–water partition coefficient (Wildman–Crippen LogP) is 2.08. The lowest BCUT2D eigenvalue weighted by molar-refractivity contribution is 0.0947. The molecule has 1 aliphatic heterocycles. The second-order valence-corrected chi connectivity index (χ2v) is 5.01. The zero-order valence-electron chi connectivity index (χ0n) is 11.5. The van der Waals surface area contributed by atoms with Crippen LogP contribution in [0.2, 0.25) is 0 Å². The molecule has 0 saturated heterocycles. The molecule has 108 valence electrons. The van der Waals surface area contributed by atoms with E-state index in [2.05, 4.69) is 10.3 Å². The molecule has 1 aromatic heterocycles. The van der Waals surface area contributed by atoms with Crippen molar-refractivity contribution in [2.75, 3.05) is 13.2 Å². The molecular weight excluding hydrogens is 268 g/mol. The van der Waals surface area contributed by atoms with Crippen LogP contribution in [0.4, 0.5) is 0 Å². The van der Waals surface area contributed by atoms with Gasteiger partial charge in [-0.1, -0.05) is 18.2 Å². The molecule has 0 bridgehead atoms. The highest BCUT2D eigenvalue weighted by Gasteiger charge is 2.21. The highest BCUT2D eigenvalue weighted by atomic mass is 16.5. The Labute approximate surface area is 122 Å². The first-order chi connectivity index (χ1) is 10.2. The fourth-order valence-electron chi connectivity index (χ4n) is 2.50. The maximum absolute atomic E-state index is 12.1. The number of ether oxygens (including phenoxy) is 1. The molecule has 2 N–H and O–H groups in total. The minimum atomic E-state index is -0.234. The quantitative estimate of drug-likeness (QED) is 0.905. The molecule has 0 saturated carbocycles. The number of nitrogens with one attached hydrogen (secondary N) is 1. The Morgan fingerprint density at radius 1 is 1.38 bits per heavy atom. The minimum absolute atomic E-state index is 0.0148. The van der Waals surface area contributed by atoms with E-state index in [0.717, 1.165) is 17.7 Å². The van der Waals surface area contributed by atoms with Gasteiger partial charge in [-0.25, -0.2) is 0 Å². The largest absolute Gasteiger partial charge is 0.506 e. The van der Waals surface area contributed by atoms with Crippen LogP contribution in [0.15, 0.2) is 42.7 Å². The summed E-state index contributed by atoms with van der Waals surface area (Å²) in [5, 5.41) is 12.2. The lowest BCUT2D eigenvalue weighted by Crippen LogP contribution is -2.30. The van der Waals surface area contributed by atoms with Crippen molar-refractivity contribution in [2.45, 2.75) is 12.3 Å². The van der Waals surface area contributed by atoms with Crippen LogP contribution in [0.3, 0.4) is 0 Å². The Balaban J connectivity index is 1.67. The normalized spacial score (nSPS) is 16.7. The van der Waals surface area contributed by atoms with E-state index in [-0.39, 0.29) is 17.6 Å². The van der Waals surface area contributed by atoms with E-state index in [0.29, 0.717) is 18.7 Å². The molecule has 1 aliphatic rings. The van der Waals surface area contributed by atoms with Gasteiger partial charge in [-0.05, 0) is 24.1 Å². The predicted molar refractivity (Wildman–Crippen MR) is 77.5 cm³/mol. The van der Waals surface area contributed by atoms with Crippen molar-refractivity contribution in [2.24, 2.45) is 0 Å². The number of fused-ring (bicyclic) bond motifs is 1. The lowest BCUT2D eigenvalue weighted by atomic mass is 9.93. The molecule has 1 aromatic carbocycles. The van der Waals surface area contributed by atoms with Crippen LogP contribution in [0.1, 0.15) is 28.3 Å². The second kappa shape index (κ2) is 5.83. The van der Waals surface area contributed by atoms with Crippen LogP contribution >= 0.6 is 0 Å². The molecule has 1 atom stereocenters. The molecule has 2 aromatic rings. The number of hydrogen-bond acceptors (Lipinski definition) is 4. The first kappa shape index (κ1) is 13.4. The van der Waals surface area contributed by atoms with Gasteiger partial charge in [0.05, 0.1) is 18.4 Å². The number of rotatable bonds is 3. The SMILES string of the molecule is O=C(NC[C@H]1CCOc2ccccc21)c1cncc(O)c1. The molecule has 5 heteroatoms. The van der Waals surface area contributed by atoms with Gasteiger partial charge in [0, 0.05) is 18.7 Å². The average Bonchev–Trinajstić information content (AvgIpc) is 2.52. The van der Waals surface area contributed by atoms with Gasteiger partial charge in [-0.3, -0.25) is 9.78 Å². The highest BCUT2D eigenvalue weighted by molar-refractivity contribution is 5.94. The minimum Gasteiger partial charge on any atom is -0.506 e. The summed E-state index contributed by atoms with van der Waals surface area (Å²) in [6, 6.07) is 9.30. The second-order valence-electron chi connectivity index (χ2n) is 5.01. The Bertz CT molecular complexity index is 657. The number of amides is 1. The van der Waals surface area contributed by atoms with E-state index in [4.69, 9.17) is 4.74 Å². The standard InChI is InChI=1S/C16H16N2O3/c19-13-7-12(8-17-10-13)16(20)18-9-11-5-6-21-15-4-2-1-3-14(11)15/h1-4,7-8,10-11,19H,5-6,9H2,(H,18,20)/t11-/m1/s1. The number of para-hydroxylation sites is 1. The summed E-state index contributed by atoms with van der Waals surface area (Å²) in [5.41, 5.74) is 1.48. The summed E-state index contributed by atoms with van der Waals surface area (Å²) in [7, 11) is 0. The number of aromatic nitrogens is 1. The van der Waals surface area contributed by atoms with Gasteiger partial charge in [-0.15, -0.1) is 0 Å². The molecule has 0 fully saturated rings. The van der Waals surface area contributed by atoms with Gasteiger partial charge < -0.3 is 15.2 Å². The first-order valence-electron chi connectivity index (χ1n) is 6.88. The molecule has 0 aliphatic carbocycles. The third kappa shape index (κ3) is 2.97. The molecule has 5 nitrogen and oxygen atoms in total. The lowest BCUT2D eigenvalue weighted by Gasteiger charge is -2.26. The van der Waals surface area contributed by atoms with Crippen molar-refractivity contribution in [1.82, 2.24) is 10.3 Å². The van der Waals surface area contributed by atoms with Gasteiger partial charge in [-0.2, -0.15) is 0 Å². The summed E-state index contributed by atoms with van der Waals surface area (Å²) in [6.07, 6.45) is 3.61. The molecule has 2 heterocycles. The van der Waals surface area contributed by atoms with E-state index in [1.807, 2.05) is 24.3 Å². The van der Waals surface area contributed by atoms with Crippen molar-refractivity contribution in [3.63, 3.8) is 0 Å². The third-order valence-electron chi connectivity index (χ3n) is 3.58. The number of carbonyl (C=O) groups is 1. The van der Waals surface area contributed by atoms with Gasteiger partial charge in [0.25, 0.3) is 5.91 Å². The van der Waals surface area contributed by atoms with Crippen LogP contribution in [0.5, 0.6) is 11.5 Å². The van der Waals surface area contributed by atoms with Crippen molar-refractivity contribution in [3.8, 4) is 11.5 Å². The summed E-state index contributed by atoms with van der Waals surface area (Å²) < 4.78 is 5.61. The molecule has 0 unspecified atom stereocenters. The van der Waals surface area contributed by atoms with E-state index in [1.54, 1.807) is 0 Å². The Morgan fingerprint density at radius 3 is 3.10 bits per heavy atom. The van der Waals surface area contributed by atoms with Crippen molar-refractivity contribution in [3.05, 3.63) is 53.9 Å². The van der Waals surface area contributed by atoms with Crippen LogP contribution < -0.4 is 10.1 Å². The van der Waals surface area contributed by atoms with Crippen LogP contribution in [0.25, 0.3) is 0 Å². The zero-order valence-corrected chi connectivity index (χ0v) is 11.5. The van der Waals surface area contributed by atoms with Crippen molar-refractivity contribution < 1.29 is 14.6 Å². The van der Waals surface area contributed by atoms with Crippen molar-refractivity contribution in [1.29, 1.82) is 0 Å². The zero-order chi connectivity index (χ0) is 14.7. The maximum atomic E-state index is 12.1. The molecule has 3 rings (SSSR count). The highest BCUT2D eigenvalue weighted by Crippen LogP contribution is 2.32. The summed E-state index contributed by atoms with van der Waals surface area (Å²) in [6.45, 7) is 1.19.